The Labute approximate surface area is 159 Å². The van der Waals surface area contributed by atoms with E-state index in [1.165, 1.54) is 6.08 Å². The number of rotatable bonds is 9. The van der Waals surface area contributed by atoms with Crippen molar-refractivity contribution < 1.29 is 19.4 Å². The molecule has 0 saturated carbocycles. The Balaban J connectivity index is 2.12. The molecule has 5 nitrogen and oxygen atoms in total. The lowest BCUT2D eigenvalue weighted by Crippen LogP contribution is -2.10. The Morgan fingerprint density at radius 2 is 1.89 bits per heavy atom. The van der Waals surface area contributed by atoms with Gasteiger partial charge in [0, 0.05) is 12.5 Å². The molecule has 2 rings (SSSR count). The smallest absolute Gasteiger partial charge is 0.303 e. The first-order valence-corrected chi connectivity index (χ1v) is 9.01. The number of aryl methyl sites for hydroxylation is 2. The van der Waals surface area contributed by atoms with E-state index >= 15 is 0 Å². The fourth-order valence-electron chi connectivity index (χ4n) is 2.44. The second-order valence-corrected chi connectivity index (χ2v) is 6.31. The van der Waals surface area contributed by atoms with Crippen molar-refractivity contribution in [2.45, 2.75) is 33.1 Å². The highest BCUT2D eigenvalue weighted by Crippen LogP contribution is 2.27. The number of anilines is 1. The molecule has 2 aromatic rings. The third-order valence-corrected chi connectivity index (χ3v) is 3.90. The van der Waals surface area contributed by atoms with Crippen LogP contribution < -0.4 is 10.1 Å². The number of carbonyl (C=O) groups is 2. The third kappa shape index (κ3) is 6.98. The van der Waals surface area contributed by atoms with Crippen LogP contribution in [0.25, 0.3) is 6.08 Å². The number of benzene rings is 2. The monoisotopic (exact) mass is 367 g/mol. The molecule has 2 aromatic carbocycles. The molecule has 0 radical (unpaired) electrons. The molecule has 0 unspecified atom stereocenters. The fourth-order valence-corrected chi connectivity index (χ4v) is 2.44. The maximum absolute atomic E-state index is 12.3. The van der Waals surface area contributed by atoms with Gasteiger partial charge in [-0.2, -0.15) is 0 Å². The van der Waals surface area contributed by atoms with Gasteiger partial charge in [-0.25, -0.2) is 0 Å². The van der Waals surface area contributed by atoms with Crippen LogP contribution in [0.5, 0.6) is 5.75 Å². The van der Waals surface area contributed by atoms with Gasteiger partial charge in [0.1, 0.15) is 5.75 Å². The molecule has 1 amide bonds. The van der Waals surface area contributed by atoms with Crippen LogP contribution >= 0.6 is 0 Å². The van der Waals surface area contributed by atoms with Gasteiger partial charge in [-0.15, -0.1) is 0 Å². The average molecular weight is 367 g/mol. The van der Waals surface area contributed by atoms with E-state index in [4.69, 9.17) is 9.84 Å². The Kier molecular flexibility index (Phi) is 7.62. The zero-order valence-corrected chi connectivity index (χ0v) is 15.7. The van der Waals surface area contributed by atoms with Crippen molar-refractivity contribution in [1.82, 2.24) is 0 Å². The number of carbonyl (C=O) groups excluding carboxylic acids is 1. The summed E-state index contributed by atoms with van der Waals surface area (Å²) in [5.74, 6) is -0.548. The van der Waals surface area contributed by atoms with E-state index in [2.05, 4.69) is 5.32 Å². The zero-order chi connectivity index (χ0) is 19.6. The molecule has 0 spiro atoms. The minimum Gasteiger partial charge on any atom is -0.491 e. The summed E-state index contributed by atoms with van der Waals surface area (Å²) in [6.45, 7) is 4.55. The van der Waals surface area contributed by atoms with Crippen molar-refractivity contribution >= 4 is 23.6 Å². The number of ether oxygens (including phenoxy) is 1. The van der Waals surface area contributed by atoms with E-state index in [-0.39, 0.29) is 12.3 Å². The molecule has 27 heavy (non-hydrogen) atoms. The standard InChI is InChI=1S/C22H25NO4/c1-3-14-27-20-11-8-18(10-13-22(25)26)15-19(20)23-21(24)12-9-17-6-4-16(2)5-7-17/h4-9,11-12,15H,3,10,13-14H2,1-2H3,(H,23,24)(H,25,26)/b12-9+. The summed E-state index contributed by atoms with van der Waals surface area (Å²) in [6.07, 6.45) is 4.50. The van der Waals surface area contributed by atoms with Crippen molar-refractivity contribution in [3.8, 4) is 5.75 Å². The maximum Gasteiger partial charge on any atom is 0.303 e. The van der Waals surface area contributed by atoms with Crippen molar-refractivity contribution in [2.75, 3.05) is 11.9 Å². The average Bonchev–Trinajstić information content (AvgIpc) is 2.65. The van der Waals surface area contributed by atoms with E-state index < -0.39 is 5.97 Å². The van der Waals surface area contributed by atoms with E-state index in [9.17, 15) is 9.59 Å². The van der Waals surface area contributed by atoms with Crippen LogP contribution in [0.4, 0.5) is 5.69 Å². The van der Waals surface area contributed by atoms with E-state index in [0.717, 1.165) is 23.1 Å². The summed E-state index contributed by atoms with van der Waals surface area (Å²) in [7, 11) is 0. The molecule has 0 saturated heterocycles. The lowest BCUT2D eigenvalue weighted by atomic mass is 10.1. The first-order valence-electron chi connectivity index (χ1n) is 9.01. The molecule has 0 aliphatic heterocycles. The van der Waals surface area contributed by atoms with Crippen LogP contribution in [0.1, 0.15) is 36.5 Å². The highest BCUT2D eigenvalue weighted by atomic mass is 16.5. The first kappa shape index (κ1) is 20.2. The van der Waals surface area contributed by atoms with E-state index in [1.54, 1.807) is 18.2 Å². The summed E-state index contributed by atoms with van der Waals surface area (Å²) in [6, 6.07) is 13.2. The van der Waals surface area contributed by atoms with Gasteiger partial charge in [0.15, 0.2) is 0 Å². The molecule has 0 heterocycles. The fraction of sp³-hybridized carbons (Fsp3) is 0.273. The van der Waals surface area contributed by atoms with Crippen molar-refractivity contribution in [2.24, 2.45) is 0 Å². The van der Waals surface area contributed by atoms with E-state index in [1.807, 2.05) is 44.2 Å². The molecule has 5 heteroatoms. The highest BCUT2D eigenvalue weighted by Gasteiger charge is 2.09. The summed E-state index contributed by atoms with van der Waals surface area (Å²) in [5, 5.41) is 11.7. The van der Waals surface area contributed by atoms with E-state index in [0.29, 0.717) is 24.5 Å². The summed E-state index contributed by atoms with van der Waals surface area (Å²) in [5.41, 5.74) is 3.48. The number of carboxylic acids is 1. The quantitative estimate of drug-likeness (QED) is 0.642. The van der Waals surface area contributed by atoms with Crippen LogP contribution in [-0.4, -0.2) is 23.6 Å². The summed E-state index contributed by atoms with van der Waals surface area (Å²) in [4.78, 5) is 23.1. The lowest BCUT2D eigenvalue weighted by molar-refractivity contribution is -0.137. The number of aliphatic carboxylic acids is 1. The van der Waals surface area contributed by atoms with Gasteiger partial charge < -0.3 is 15.2 Å². The lowest BCUT2D eigenvalue weighted by Gasteiger charge is -2.13. The second kappa shape index (κ2) is 10.2. The van der Waals surface area contributed by atoms with Gasteiger partial charge in [0.2, 0.25) is 5.91 Å². The molecule has 0 aromatic heterocycles. The summed E-state index contributed by atoms with van der Waals surface area (Å²) >= 11 is 0. The SMILES string of the molecule is CCCOc1ccc(CCC(=O)O)cc1NC(=O)/C=C/c1ccc(C)cc1. The summed E-state index contributed by atoms with van der Waals surface area (Å²) < 4.78 is 5.69. The van der Waals surface area contributed by atoms with Crippen LogP contribution in [0.15, 0.2) is 48.5 Å². The predicted molar refractivity (Wildman–Crippen MR) is 107 cm³/mol. The molecule has 0 bridgehead atoms. The van der Waals surface area contributed by atoms with Crippen molar-refractivity contribution in [3.63, 3.8) is 0 Å². The molecule has 142 valence electrons. The van der Waals surface area contributed by atoms with Gasteiger partial charge in [-0.3, -0.25) is 9.59 Å². The second-order valence-electron chi connectivity index (χ2n) is 6.31. The number of hydrogen-bond donors (Lipinski definition) is 2. The number of nitrogens with one attached hydrogen (secondary N) is 1. The number of hydrogen-bond acceptors (Lipinski definition) is 3. The number of amides is 1. The third-order valence-electron chi connectivity index (χ3n) is 3.90. The number of carboxylic acid groups (broad SMARTS) is 1. The van der Waals surface area contributed by atoms with Crippen LogP contribution in [0.2, 0.25) is 0 Å². The normalized spacial score (nSPS) is 10.7. The minimum absolute atomic E-state index is 0.0376. The maximum atomic E-state index is 12.3. The molecule has 2 N–H and O–H groups in total. The predicted octanol–water partition coefficient (Wildman–Crippen LogP) is 4.45. The van der Waals surface area contributed by atoms with Gasteiger partial charge in [0.05, 0.1) is 12.3 Å². The molecular formula is C22H25NO4. The van der Waals surface area contributed by atoms with Gasteiger partial charge in [-0.05, 0) is 49.1 Å². The van der Waals surface area contributed by atoms with Crippen molar-refractivity contribution in [1.29, 1.82) is 0 Å². The largest absolute Gasteiger partial charge is 0.491 e. The molecular weight excluding hydrogens is 342 g/mol. The molecule has 0 fully saturated rings. The Bertz CT molecular complexity index is 810. The van der Waals surface area contributed by atoms with Crippen molar-refractivity contribution in [3.05, 3.63) is 65.2 Å². The van der Waals surface area contributed by atoms with Crippen LogP contribution in [0, 0.1) is 6.92 Å². The van der Waals surface area contributed by atoms with Crippen LogP contribution in [0.3, 0.4) is 0 Å². The highest BCUT2D eigenvalue weighted by molar-refractivity contribution is 6.02. The Morgan fingerprint density at radius 1 is 1.15 bits per heavy atom. The van der Waals surface area contributed by atoms with Gasteiger partial charge in [0.25, 0.3) is 0 Å². The minimum atomic E-state index is -0.854. The topological polar surface area (TPSA) is 75.6 Å². The Hall–Kier alpha value is -3.08. The Morgan fingerprint density at radius 3 is 2.56 bits per heavy atom. The first-order chi connectivity index (χ1) is 13.0. The molecule has 0 aliphatic carbocycles. The molecule has 0 atom stereocenters. The van der Waals surface area contributed by atoms with Crippen LogP contribution in [-0.2, 0) is 16.0 Å². The molecule has 0 aliphatic rings. The zero-order valence-electron chi connectivity index (χ0n) is 15.7. The van der Waals surface area contributed by atoms with Gasteiger partial charge >= 0.3 is 5.97 Å². The van der Waals surface area contributed by atoms with Gasteiger partial charge in [-0.1, -0.05) is 42.8 Å².